The third kappa shape index (κ3) is 10.7. The van der Waals surface area contributed by atoms with Crippen LogP contribution in [0.4, 0.5) is 0 Å². The quantitative estimate of drug-likeness (QED) is 0.584. The maximum absolute atomic E-state index is 9.48. The Balaban J connectivity index is 3.42. The number of aliphatic hydroxyl groups is 2. The molecule has 17 heavy (non-hydrogen) atoms. The van der Waals surface area contributed by atoms with Crippen molar-refractivity contribution in [1.29, 1.82) is 0 Å². The fraction of sp³-hybridized carbons (Fsp3) is 1.00. The molecule has 0 amide bonds. The average molecular weight is 248 g/mol. The molecule has 0 rings (SSSR count). The van der Waals surface area contributed by atoms with E-state index >= 15 is 0 Å². The standard InChI is InChI=1S/C13H28O4/c1-4-6-12(14)9-16-8-11(3)17-10-13(15)7-5-2/h11-15H,4-10H2,1-3H3. The van der Waals surface area contributed by atoms with Crippen LogP contribution in [0.15, 0.2) is 0 Å². The molecule has 3 atom stereocenters. The van der Waals surface area contributed by atoms with Gasteiger partial charge in [0, 0.05) is 0 Å². The summed E-state index contributed by atoms with van der Waals surface area (Å²) in [6.07, 6.45) is 2.65. The molecular formula is C13H28O4. The van der Waals surface area contributed by atoms with Crippen LogP contribution >= 0.6 is 0 Å². The van der Waals surface area contributed by atoms with Crippen LogP contribution in [0.1, 0.15) is 46.5 Å². The van der Waals surface area contributed by atoms with Gasteiger partial charge in [-0.1, -0.05) is 26.7 Å². The lowest BCUT2D eigenvalue weighted by molar-refractivity contribution is -0.0562. The largest absolute Gasteiger partial charge is 0.391 e. The third-order valence-electron chi connectivity index (χ3n) is 2.48. The van der Waals surface area contributed by atoms with Gasteiger partial charge in [-0.3, -0.25) is 0 Å². The molecule has 0 heterocycles. The zero-order valence-electron chi connectivity index (χ0n) is 11.4. The minimum Gasteiger partial charge on any atom is -0.391 e. The Bertz CT molecular complexity index is 163. The fourth-order valence-corrected chi connectivity index (χ4v) is 1.53. The number of aliphatic hydroxyl groups excluding tert-OH is 2. The molecule has 2 N–H and O–H groups in total. The van der Waals surface area contributed by atoms with Crippen molar-refractivity contribution >= 4 is 0 Å². The van der Waals surface area contributed by atoms with Gasteiger partial charge < -0.3 is 19.7 Å². The summed E-state index contributed by atoms with van der Waals surface area (Å²) in [7, 11) is 0. The summed E-state index contributed by atoms with van der Waals surface area (Å²) in [5.74, 6) is 0. The highest BCUT2D eigenvalue weighted by atomic mass is 16.5. The average Bonchev–Trinajstić information content (AvgIpc) is 2.27. The molecule has 0 aliphatic rings. The molecule has 4 heteroatoms. The fourth-order valence-electron chi connectivity index (χ4n) is 1.53. The van der Waals surface area contributed by atoms with E-state index in [0.29, 0.717) is 19.8 Å². The van der Waals surface area contributed by atoms with E-state index in [2.05, 4.69) is 0 Å². The maximum atomic E-state index is 9.48. The first-order valence-electron chi connectivity index (χ1n) is 6.65. The van der Waals surface area contributed by atoms with Gasteiger partial charge in [0.15, 0.2) is 0 Å². The molecule has 0 saturated heterocycles. The van der Waals surface area contributed by atoms with Gasteiger partial charge in [-0.15, -0.1) is 0 Å². The van der Waals surface area contributed by atoms with Crippen molar-refractivity contribution in [3.05, 3.63) is 0 Å². The van der Waals surface area contributed by atoms with Crippen molar-refractivity contribution in [2.24, 2.45) is 0 Å². The highest BCUT2D eigenvalue weighted by Crippen LogP contribution is 2.01. The SMILES string of the molecule is CCCC(O)COCC(C)OCC(O)CCC. The Morgan fingerprint density at radius 1 is 0.882 bits per heavy atom. The predicted molar refractivity (Wildman–Crippen MR) is 68.1 cm³/mol. The van der Waals surface area contributed by atoms with E-state index < -0.39 is 0 Å². The summed E-state index contributed by atoms with van der Waals surface area (Å²) in [6.45, 7) is 7.15. The minimum atomic E-state index is -0.381. The van der Waals surface area contributed by atoms with Crippen LogP contribution in [0.25, 0.3) is 0 Å². The van der Waals surface area contributed by atoms with Gasteiger partial charge in [-0.2, -0.15) is 0 Å². The Morgan fingerprint density at radius 3 is 1.94 bits per heavy atom. The highest BCUT2D eigenvalue weighted by Gasteiger charge is 2.09. The second-order valence-corrected chi connectivity index (χ2v) is 4.57. The summed E-state index contributed by atoms with van der Waals surface area (Å²) < 4.78 is 10.8. The van der Waals surface area contributed by atoms with Crippen LogP contribution in [0.5, 0.6) is 0 Å². The van der Waals surface area contributed by atoms with Crippen LogP contribution in [-0.4, -0.2) is 48.3 Å². The Morgan fingerprint density at radius 2 is 1.41 bits per heavy atom. The van der Waals surface area contributed by atoms with Gasteiger partial charge >= 0.3 is 0 Å². The smallest absolute Gasteiger partial charge is 0.0781 e. The molecule has 3 unspecified atom stereocenters. The molecular weight excluding hydrogens is 220 g/mol. The first-order chi connectivity index (χ1) is 8.10. The highest BCUT2D eigenvalue weighted by molar-refractivity contribution is 4.56. The summed E-state index contributed by atoms with van der Waals surface area (Å²) in [5.41, 5.74) is 0. The van der Waals surface area contributed by atoms with E-state index in [1.165, 1.54) is 0 Å². The molecule has 4 nitrogen and oxygen atoms in total. The molecule has 0 bridgehead atoms. The van der Waals surface area contributed by atoms with Crippen molar-refractivity contribution in [3.8, 4) is 0 Å². The van der Waals surface area contributed by atoms with Crippen LogP contribution in [-0.2, 0) is 9.47 Å². The molecule has 0 radical (unpaired) electrons. The van der Waals surface area contributed by atoms with Gasteiger partial charge in [-0.05, 0) is 19.8 Å². The van der Waals surface area contributed by atoms with Crippen molar-refractivity contribution < 1.29 is 19.7 Å². The van der Waals surface area contributed by atoms with Crippen molar-refractivity contribution in [3.63, 3.8) is 0 Å². The van der Waals surface area contributed by atoms with Gasteiger partial charge in [0.2, 0.25) is 0 Å². The zero-order valence-corrected chi connectivity index (χ0v) is 11.4. The van der Waals surface area contributed by atoms with Crippen LogP contribution < -0.4 is 0 Å². The maximum Gasteiger partial charge on any atom is 0.0781 e. The Hall–Kier alpha value is -0.160. The third-order valence-corrected chi connectivity index (χ3v) is 2.48. The first-order valence-corrected chi connectivity index (χ1v) is 6.65. The Kier molecular flexibility index (Phi) is 10.9. The number of hydrogen-bond donors (Lipinski definition) is 2. The van der Waals surface area contributed by atoms with E-state index in [-0.39, 0.29) is 18.3 Å². The molecule has 0 aromatic rings. The lowest BCUT2D eigenvalue weighted by Crippen LogP contribution is -2.25. The molecule has 104 valence electrons. The van der Waals surface area contributed by atoms with E-state index in [9.17, 15) is 10.2 Å². The van der Waals surface area contributed by atoms with Crippen molar-refractivity contribution in [2.75, 3.05) is 19.8 Å². The molecule has 0 spiro atoms. The number of hydrogen-bond acceptors (Lipinski definition) is 4. The van der Waals surface area contributed by atoms with E-state index in [0.717, 1.165) is 25.7 Å². The summed E-state index contributed by atoms with van der Waals surface area (Å²) in [6, 6.07) is 0. The monoisotopic (exact) mass is 248 g/mol. The number of rotatable bonds is 11. The van der Waals surface area contributed by atoms with E-state index in [4.69, 9.17) is 9.47 Å². The predicted octanol–water partition coefficient (Wildman–Crippen LogP) is 1.73. The van der Waals surface area contributed by atoms with Gasteiger partial charge in [0.25, 0.3) is 0 Å². The second kappa shape index (κ2) is 11.0. The molecule has 0 aliphatic carbocycles. The topological polar surface area (TPSA) is 58.9 Å². The lowest BCUT2D eigenvalue weighted by atomic mass is 10.2. The van der Waals surface area contributed by atoms with Crippen LogP contribution in [0.3, 0.4) is 0 Å². The molecule has 0 saturated carbocycles. The number of ether oxygens (including phenoxy) is 2. The normalized spacial score (nSPS) is 16.8. The summed E-state index contributed by atoms with van der Waals surface area (Å²) in [4.78, 5) is 0. The van der Waals surface area contributed by atoms with Crippen molar-refractivity contribution in [2.45, 2.75) is 64.8 Å². The zero-order chi connectivity index (χ0) is 13.1. The van der Waals surface area contributed by atoms with E-state index in [1.54, 1.807) is 0 Å². The van der Waals surface area contributed by atoms with Crippen LogP contribution in [0, 0.1) is 0 Å². The molecule has 0 aliphatic heterocycles. The first kappa shape index (κ1) is 16.8. The van der Waals surface area contributed by atoms with Gasteiger partial charge in [0.05, 0.1) is 38.1 Å². The van der Waals surface area contributed by atoms with E-state index in [1.807, 2.05) is 20.8 Å². The summed E-state index contributed by atoms with van der Waals surface area (Å²) in [5, 5.41) is 18.9. The van der Waals surface area contributed by atoms with Gasteiger partial charge in [-0.25, -0.2) is 0 Å². The molecule has 0 fully saturated rings. The second-order valence-electron chi connectivity index (χ2n) is 4.57. The minimum absolute atomic E-state index is 0.0460. The Labute approximate surface area is 105 Å². The summed E-state index contributed by atoms with van der Waals surface area (Å²) >= 11 is 0. The van der Waals surface area contributed by atoms with Gasteiger partial charge in [0.1, 0.15) is 0 Å². The molecule has 0 aromatic carbocycles. The lowest BCUT2D eigenvalue weighted by Gasteiger charge is -2.17. The van der Waals surface area contributed by atoms with Crippen LogP contribution in [0.2, 0.25) is 0 Å². The molecule has 0 aromatic heterocycles. The van der Waals surface area contributed by atoms with Crippen molar-refractivity contribution in [1.82, 2.24) is 0 Å².